The Balaban J connectivity index is 1.97. The second kappa shape index (κ2) is 3.92. The Morgan fingerprint density at radius 1 is 1.53 bits per heavy atom. The van der Waals surface area contributed by atoms with Crippen LogP contribution >= 0.6 is 0 Å². The van der Waals surface area contributed by atoms with E-state index in [2.05, 4.69) is 10.2 Å². The summed E-state index contributed by atoms with van der Waals surface area (Å²) < 4.78 is 5.64. The smallest absolute Gasteiger partial charge is 0.335 e. The molecule has 2 N–H and O–H groups in total. The Bertz CT molecular complexity index is 461. The first-order valence-electron chi connectivity index (χ1n) is 5.73. The van der Waals surface area contributed by atoms with Crippen molar-refractivity contribution in [3.63, 3.8) is 0 Å². The van der Waals surface area contributed by atoms with Gasteiger partial charge in [0, 0.05) is 19.6 Å². The maximum Gasteiger partial charge on any atom is 0.335 e. The molecule has 5 nitrogen and oxygen atoms in total. The summed E-state index contributed by atoms with van der Waals surface area (Å²) in [5, 5.41) is 12.3. The number of anilines is 1. The summed E-state index contributed by atoms with van der Waals surface area (Å²) in [5.41, 5.74) is 1.28. The van der Waals surface area contributed by atoms with Gasteiger partial charge in [0.1, 0.15) is 12.4 Å². The largest absolute Gasteiger partial charge is 0.489 e. The van der Waals surface area contributed by atoms with Gasteiger partial charge in [0.05, 0.1) is 17.3 Å². The second-order valence-electron chi connectivity index (χ2n) is 4.35. The van der Waals surface area contributed by atoms with E-state index in [1.807, 2.05) is 6.07 Å². The zero-order valence-corrected chi connectivity index (χ0v) is 9.35. The molecule has 2 aliphatic heterocycles. The van der Waals surface area contributed by atoms with E-state index in [9.17, 15) is 4.79 Å². The molecule has 0 spiro atoms. The first-order chi connectivity index (χ1) is 8.25. The van der Waals surface area contributed by atoms with Crippen LogP contribution in [0.2, 0.25) is 0 Å². The summed E-state index contributed by atoms with van der Waals surface area (Å²) in [5.74, 6) is -0.234. The maximum absolute atomic E-state index is 10.9. The molecule has 90 valence electrons. The molecule has 0 aromatic heterocycles. The number of nitrogens with zero attached hydrogens (tertiary/aromatic N) is 1. The number of piperazine rings is 1. The van der Waals surface area contributed by atoms with E-state index in [-0.39, 0.29) is 5.56 Å². The van der Waals surface area contributed by atoms with Crippen LogP contribution in [-0.2, 0) is 0 Å². The minimum Gasteiger partial charge on any atom is -0.489 e. The summed E-state index contributed by atoms with van der Waals surface area (Å²) in [6, 6.07) is 5.44. The van der Waals surface area contributed by atoms with Crippen molar-refractivity contribution in [2.24, 2.45) is 0 Å². The average molecular weight is 234 g/mol. The van der Waals surface area contributed by atoms with Gasteiger partial charge < -0.3 is 20.1 Å². The quantitative estimate of drug-likeness (QED) is 0.743. The fourth-order valence-electron chi connectivity index (χ4n) is 2.41. The molecule has 3 rings (SSSR count). The molecular weight excluding hydrogens is 220 g/mol. The van der Waals surface area contributed by atoms with Gasteiger partial charge in [-0.15, -0.1) is 0 Å². The number of hydrogen-bond donors (Lipinski definition) is 2. The molecule has 17 heavy (non-hydrogen) atoms. The van der Waals surface area contributed by atoms with E-state index < -0.39 is 5.97 Å². The molecule has 2 heterocycles. The van der Waals surface area contributed by atoms with Gasteiger partial charge in [-0.2, -0.15) is 0 Å². The molecule has 1 atom stereocenters. The Kier molecular flexibility index (Phi) is 2.40. The molecular formula is C12H14N2O3. The summed E-state index contributed by atoms with van der Waals surface area (Å²) in [6.07, 6.45) is 0. The van der Waals surface area contributed by atoms with Gasteiger partial charge in [-0.3, -0.25) is 0 Å². The number of benzene rings is 1. The first kappa shape index (κ1) is 10.4. The van der Waals surface area contributed by atoms with E-state index in [0.717, 1.165) is 25.3 Å². The molecule has 0 radical (unpaired) electrons. The van der Waals surface area contributed by atoms with Gasteiger partial charge in [-0.05, 0) is 18.2 Å². The molecule has 1 aromatic carbocycles. The van der Waals surface area contributed by atoms with Gasteiger partial charge in [-0.1, -0.05) is 0 Å². The number of carboxylic acids is 1. The fourth-order valence-corrected chi connectivity index (χ4v) is 2.41. The maximum atomic E-state index is 10.9. The Labute approximate surface area is 99.0 Å². The lowest BCUT2D eigenvalue weighted by atomic mass is 10.1. The zero-order valence-electron chi connectivity index (χ0n) is 9.35. The summed E-state index contributed by atoms with van der Waals surface area (Å²) >= 11 is 0. The van der Waals surface area contributed by atoms with Crippen molar-refractivity contribution in [2.75, 3.05) is 31.1 Å². The van der Waals surface area contributed by atoms with Crippen LogP contribution in [-0.4, -0.2) is 43.4 Å². The standard InChI is InChI=1S/C12H14N2O3/c15-12(16)8-1-2-10-11(5-8)17-7-9-6-13-3-4-14(9)10/h1-2,5,9,13H,3-4,6-7H2,(H,15,16). The van der Waals surface area contributed by atoms with Gasteiger partial charge in [-0.25, -0.2) is 4.79 Å². The predicted molar refractivity (Wildman–Crippen MR) is 62.9 cm³/mol. The average Bonchev–Trinajstić information content (AvgIpc) is 2.38. The first-order valence-corrected chi connectivity index (χ1v) is 5.73. The molecule has 2 aliphatic rings. The molecule has 0 bridgehead atoms. The van der Waals surface area contributed by atoms with Gasteiger partial charge >= 0.3 is 5.97 Å². The molecule has 1 fully saturated rings. The number of ether oxygens (including phenoxy) is 1. The van der Waals surface area contributed by atoms with E-state index in [4.69, 9.17) is 9.84 Å². The number of carboxylic acid groups (broad SMARTS) is 1. The van der Waals surface area contributed by atoms with Crippen molar-refractivity contribution in [3.05, 3.63) is 23.8 Å². The highest BCUT2D eigenvalue weighted by atomic mass is 16.5. The lowest BCUT2D eigenvalue weighted by molar-refractivity contribution is 0.0696. The van der Waals surface area contributed by atoms with E-state index in [1.54, 1.807) is 12.1 Å². The SMILES string of the molecule is O=C(O)c1ccc2c(c1)OCC1CNCCN21. The number of rotatable bonds is 1. The number of aromatic carboxylic acids is 1. The lowest BCUT2D eigenvalue weighted by Crippen LogP contribution is -2.55. The van der Waals surface area contributed by atoms with Gasteiger partial charge in [0.15, 0.2) is 0 Å². The monoisotopic (exact) mass is 234 g/mol. The number of carbonyl (C=O) groups is 1. The van der Waals surface area contributed by atoms with Crippen LogP contribution in [0, 0.1) is 0 Å². The number of hydrogen-bond acceptors (Lipinski definition) is 4. The Morgan fingerprint density at radius 2 is 2.41 bits per heavy atom. The zero-order chi connectivity index (χ0) is 11.8. The van der Waals surface area contributed by atoms with Crippen LogP contribution in [0.5, 0.6) is 5.75 Å². The van der Waals surface area contributed by atoms with E-state index >= 15 is 0 Å². The van der Waals surface area contributed by atoms with Crippen molar-refractivity contribution in [1.82, 2.24) is 5.32 Å². The van der Waals surface area contributed by atoms with E-state index in [1.165, 1.54) is 0 Å². The van der Waals surface area contributed by atoms with Crippen molar-refractivity contribution in [1.29, 1.82) is 0 Å². The lowest BCUT2D eigenvalue weighted by Gasteiger charge is -2.41. The number of nitrogens with one attached hydrogen (secondary N) is 1. The van der Waals surface area contributed by atoms with Gasteiger partial charge in [0.2, 0.25) is 0 Å². The summed E-state index contributed by atoms with van der Waals surface area (Å²) in [6.45, 7) is 3.42. The third-order valence-corrected chi connectivity index (χ3v) is 3.30. The van der Waals surface area contributed by atoms with Crippen LogP contribution in [0.4, 0.5) is 5.69 Å². The molecule has 0 amide bonds. The van der Waals surface area contributed by atoms with Crippen molar-refractivity contribution < 1.29 is 14.6 Å². The van der Waals surface area contributed by atoms with Crippen LogP contribution < -0.4 is 15.0 Å². The second-order valence-corrected chi connectivity index (χ2v) is 4.35. The predicted octanol–water partition coefficient (Wildman–Crippen LogP) is 0.555. The summed E-state index contributed by atoms with van der Waals surface area (Å²) in [4.78, 5) is 13.2. The molecule has 1 saturated heterocycles. The topological polar surface area (TPSA) is 61.8 Å². The third kappa shape index (κ3) is 1.72. The van der Waals surface area contributed by atoms with Gasteiger partial charge in [0.25, 0.3) is 0 Å². The molecule has 5 heteroatoms. The molecule has 1 unspecified atom stereocenters. The number of fused-ring (bicyclic) bond motifs is 3. The Hall–Kier alpha value is -1.75. The fraction of sp³-hybridized carbons (Fsp3) is 0.417. The minimum absolute atomic E-state index is 0.275. The minimum atomic E-state index is -0.918. The van der Waals surface area contributed by atoms with Crippen LogP contribution in [0.15, 0.2) is 18.2 Å². The third-order valence-electron chi connectivity index (χ3n) is 3.30. The highest BCUT2D eigenvalue weighted by Gasteiger charge is 2.29. The Morgan fingerprint density at radius 3 is 3.24 bits per heavy atom. The van der Waals surface area contributed by atoms with Crippen LogP contribution in [0.1, 0.15) is 10.4 Å². The van der Waals surface area contributed by atoms with Crippen LogP contribution in [0.3, 0.4) is 0 Å². The van der Waals surface area contributed by atoms with E-state index in [0.29, 0.717) is 18.4 Å². The highest BCUT2D eigenvalue weighted by Crippen LogP contribution is 2.35. The van der Waals surface area contributed by atoms with Crippen molar-refractivity contribution >= 4 is 11.7 Å². The highest BCUT2D eigenvalue weighted by molar-refractivity contribution is 5.89. The molecule has 0 saturated carbocycles. The molecule has 0 aliphatic carbocycles. The molecule has 1 aromatic rings. The van der Waals surface area contributed by atoms with Crippen molar-refractivity contribution in [2.45, 2.75) is 6.04 Å². The van der Waals surface area contributed by atoms with Crippen molar-refractivity contribution in [3.8, 4) is 5.75 Å². The normalized spacial score (nSPS) is 22.4. The summed E-state index contributed by atoms with van der Waals surface area (Å²) in [7, 11) is 0. The van der Waals surface area contributed by atoms with Crippen LogP contribution in [0.25, 0.3) is 0 Å².